The van der Waals surface area contributed by atoms with Crippen LogP contribution in [0.15, 0.2) is 24.3 Å². The lowest BCUT2D eigenvalue weighted by Gasteiger charge is -1.90. The van der Waals surface area contributed by atoms with Gasteiger partial charge >= 0.3 is 0 Å². The van der Waals surface area contributed by atoms with E-state index in [1.54, 1.807) is 0 Å². The molecule has 90 valence electrons. The molecule has 0 bridgehead atoms. The van der Waals surface area contributed by atoms with Gasteiger partial charge in [0.25, 0.3) is 11.9 Å². The Hall–Kier alpha value is -1.84. The Morgan fingerprint density at radius 2 is 0.938 bits per heavy atom. The molecule has 1 aromatic carbocycles. The number of carboxylic acids is 2. The molecule has 4 nitrogen and oxygen atoms in total. The van der Waals surface area contributed by atoms with Crippen LogP contribution in [0.5, 0.6) is 0 Å². The van der Waals surface area contributed by atoms with Crippen molar-refractivity contribution in [3.8, 4) is 0 Å². The molecule has 0 heterocycles. The smallest absolute Gasteiger partial charge is 0.300 e. The molecule has 0 aliphatic rings. The summed E-state index contributed by atoms with van der Waals surface area (Å²) in [6, 6.07) is 8.48. The Bertz CT molecular complexity index is 273. The van der Waals surface area contributed by atoms with E-state index in [-0.39, 0.29) is 0 Å². The maximum absolute atomic E-state index is 9.00. The van der Waals surface area contributed by atoms with E-state index < -0.39 is 11.9 Å². The fourth-order valence-electron chi connectivity index (χ4n) is 0.637. The van der Waals surface area contributed by atoms with Crippen molar-refractivity contribution in [2.24, 2.45) is 0 Å². The summed E-state index contributed by atoms with van der Waals surface area (Å²) in [5.41, 5.74) is 2.66. The van der Waals surface area contributed by atoms with E-state index in [0.717, 1.165) is 13.8 Å². The summed E-state index contributed by atoms with van der Waals surface area (Å²) in [6.07, 6.45) is 0. The summed E-state index contributed by atoms with van der Waals surface area (Å²) in [5, 5.41) is 14.8. The highest BCUT2D eigenvalue weighted by molar-refractivity contribution is 5.63. The van der Waals surface area contributed by atoms with Crippen molar-refractivity contribution in [3.05, 3.63) is 35.4 Å². The first kappa shape index (κ1) is 16.6. The lowest BCUT2D eigenvalue weighted by molar-refractivity contribution is -0.135. The third-order valence-corrected chi connectivity index (χ3v) is 1.22. The molecule has 0 aromatic heterocycles. The fraction of sp³-hybridized carbons (Fsp3) is 0.333. The molecule has 0 fully saturated rings. The predicted molar refractivity (Wildman–Crippen MR) is 62.5 cm³/mol. The molecule has 0 aliphatic carbocycles. The second-order valence-corrected chi connectivity index (χ2v) is 3.19. The molecule has 1 aromatic rings. The molecule has 0 unspecified atom stereocenters. The van der Waals surface area contributed by atoms with Gasteiger partial charge in [0.05, 0.1) is 0 Å². The van der Waals surface area contributed by atoms with Crippen LogP contribution in [-0.2, 0) is 9.59 Å². The van der Waals surface area contributed by atoms with Gasteiger partial charge in [0.15, 0.2) is 0 Å². The Morgan fingerprint density at radius 1 is 0.812 bits per heavy atom. The summed E-state index contributed by atoms with van der Waals surface area (Å²) in [7, 11) is 0. The van der Waals surface area contributed by atoms with Gasteiger partial charge in [-0.3, -0.25) is 9.59 Å². The highest BCUT2D eigenvalue weighted by Crippen LogP contribution is 1.99. The molecule has 4 heteroatoms. The third-order valence-electron chi connectivity index (χ3n) is 1.22. The van der Waals surface area contributed by atoms with E-state index in [1.165, 1.54) is 11.1 Å². The second kappa shape index (κ2) is 9.71. The number of aliphatic carboxylic acids is 2. The molecule has 2 N–H and O–H groups in total. The first-order valence-corrected chi connectivity index (χ1v) is 4.68. The Kier molecular flexibility index (Phi) is 10.1. The average Bonchev–Trinajstić information content (AvgIpc) is 2.08. The molecule has 1 rings (SSSR count). The fourth-order valence-corrected chi connectivity index (χ4v) is 0.637. The van der Waals surface area contributed by atoms with E-state index in [9.17, 15) is 0 Å². The van der Waals surface area contributed by atoms with Crippen molar-refractivity contribution >= 4 is 11.9 Å². The first-order valence-electron chi connectivity index (χ1n) is 4.68. The van der Waals surface area contributed by atoms with E-state index in [2.05, 4.69) is 38.1 Å². The monoisotopic (exact) mass is 226 g/mol. The van der Waals surface area contributed by atoms with E-state index >= 15 is 0 Å². The molecule has 0 saturated heterocycles. The van der Waals surface area contributed by atoms with Gasteiger partial charge in [-0.05, 0) is 13.8 Å². The molecular formula is C12H18O4. The lowest BCUT2D eigenvalue weighted by atomic mass is 10.2. The highest BCUT2D eigenvalue weighted by Gasteiger charge is 1.79. The Morgan fingerprint density at radius 3 is 1.06 bits per heavy atom. The molecule has 16 heavy (non-hydrogen) atoms. The van der Waals surface area contributed by atoms with Crippen LogP contribution in [-0.4, -0.2) is 22.2 Å². The van der Waals surface area contributed by atoms with Crippen molar-refractivity contribution < 1.29 is 19.8 Å². The van der Waals surface area contributed by atoms with Gasteiger partial charge in [-0.25, -0.2) is 0 Å². The first-order chi connectivity index (χ1) is 7.25. The van der Waals surface area contributed by atoms with Gasteiger partial charge < -0.3 is 10.2 Å². The topological polar surface area (TPSA) is 74.6 Å². The predicted octanol–water partition coefficient (Wildman–Crippen LogP) is 2.49. The van der Waals surface area contributed by atoms with Crippen molar-refractivity contribution in [2.45, 2.75) is 27.7 Å². The summed E-state index contributed by atoms with van der Waals surface area (Å²) in [4.78, 5) is 18.0. The Balaban J connectivity index is 0. The summed E-state index contributed by atoms with van der Waals surface area (Å²) in [5.74, 6) is -1.67. The number of hydrogen-bond donors (Lipinski definition) is 2. The van der Waals surface area contributed by atoms with E-state index in [4.69, 9.17) is 19.8 Å². The third kappa shape index (κ3) is 22.7. The quantitative estimate of drug-likeness (QED) is 0.712. The van der Waals surface area contributed by atoms with Crippen LogP contribution in [0.2, 0.25) is 0 Å². The SMILES string of the molecule is CC(=O)O.CC(=O)O.Cc1ccc(C)cc1. The van der Waals surface area contributed by atoms with Crippen molar-refractivity contribution in [2.75, 3.05) is 0 Å². The van der Waals surface area contributed by atoms with Crippen LogP contribution >= 0.6 is 0 Å². The van der Waals surface area contributed by atoms with Crippen molar-refractivity contribution in [1.82, 2.24) is 0 Å². The number of hydrogen-bond acceptors (Lipinski definition) is 2. The van der Waals surface area contributed by atoms with Gasteiger partial charge in [0.1, 0.15) is 0 Å². The zero-order chi connectivity index (χ0) is 13.1. The largest absolute Gasteiger partial charge is 0.481 e. The maximum Gasteiger partial charge on any atom is 0.300 e. The van der Waals surface area contributed by atoms with Crippen LogP contribution in [0, 0.1) is 13.8 Å². The van der Waals surface area contributed by atoms with Crippen LogP contribution < -0.4 is 0 Å². The molecule has 0 amide bonds. The van der Waals surface area contributed by atoms with Crippen LogP contribution in [0.3, 0.4) is 0 Å². The average molecular weight is 226 g/mol. The summed E-state index contributed by atoms with van der Waals surface area (Å²) >= 11 is 0. The van der Waals surface area contributed by atoms with Gasteiger partial charge in [-0.1, -0.05) is 35.4 Å². The number of carbonyl (C=O) groups is 2. The standard InChI is InChI=1S/C8H10.2C2H4O2/c1-7-3-5-8(2)6-4-7;2*1-2(3)4/h3-6H,1-2H3;2*1H3,(H,3,4). The number of rotatable bonds is 0. The lowest BCUT2D eigenvalue weighted by Crippen LogP contribution is -1.78. The molecule has 0 atom stereocenters. The number of benzene rings is 1. The van der Waals surface area contributed by atoms with Crippen LogP contribution in [0.25, 0.3) is 0 Å². The second-order valence-electron chi connectivity index (χ2n) is 3.19. The minimum absolute atomic E-state index is 0.833. The van der Waals surface area contributed by atoms with Gasteiger partial charge in [0, 0.05) is 13.8 Å². The van der Waals surface area contributed by atoms with Gasteiger partial charge in [0.2, 0.25) is 0 Å². The molecule has 0 radical (unpaired) electrons. The molecule has 0 saturated carbocycles. The number of carboxylic acid groups (broad SMARTS) is 2. The molecule has 0 spiro atoms. The number of aryl methyl sites for hydroxylation is 2. The van der Waals surface area contributed by atoms with Crippen molar-refractivity contribution in [1.29, 1.82) is 0 Å². The zero-order valence-electron chi connectivity index (χ0n) is 10.0. The van der Waals surface area contributed by atoms with E-state index in [1.807, 2.05) is 0 Å². The summed E-state index contributed by atoms with van der Waals surface area (Å²) < 4.78 is 0. The van der Waals surface area contributed by atoms with Crippen LogP contribution in [0.4, 0.5) is 0 Å². The van der Waals surface area contributed by atoms with Gasteiger partial charge in [-0.15, -0.1) is 0 Å². The zero-order valence-corrected chi connectivity index (χ0v) is 10.0. The minimum atomic E-state index is -0.833. The summed E-state index contributed by atoms with van der Waals surface area (Å²) in [6.45, 7) is 6.36. The minimum Gasteiger partial charge on any atom is -0.481 e. The maximum atomic E-state index is 9.00. The van der Waals surface area contributed by atoms with E-state index in [0.29, 0.717) is 0 Å². The van der Waals surface area contributed by atoms with Gasteiger partial charge in [-0.2, -0.15) is 0 Å². The molecule has 0 aliphatic heterocycles. The highest BCUT2D eigenvalue weighted by atomic mass is 16.4. The Labute approximate surface area is 95.5 Å². The normalized spacial score (nSPS) is 7.75. The van der Waals surface area contributed by atoms with Crippen LogP contribution in [0.1, 0.15) is 25.0 Å². The molecular weight excluding hydrogens is 208 g/mol. The van der Waals surface area contributed by atoms with Crippen molar-refractivity contribution in [3.63, 3.8) is 0 Å².